The van der Waals surface area contributed by atoms with E-state index < -0.39 is 6.92 Å². The first-order valence-corrected chi connectivity index (χ1v) is 4.33. The average Bonchev–Trinajstić information content (AvgIpc) is 2.12. The molecule has 0 spiro atoms. The van der Waals surface area contributed by atoms with Crippen molar-refractivity contribution in [1.82, 2.24) is 0 Å². The van der Waals surface area contributed by atoms with E-state index in [1.54, 1.807) is 19.0 Å². The van der Waals surface area contributed by atoms with E-state index in [9.17, 15) is 9.41 Å². The molecule has 1 aliphatic heterocycles. The molecule has 0 saturated carbocycles. The SMILES string of the molecule is Cc1c(F)ccc2c1CB(O)C=C2. The standard InChI is InChI=1S/C10H10BFO/c1-7-9-6-11(13)5-4-8(9)2-3-10(7)12/h2-5,13H,6H2,1H3. The zero-order valence-electron chi connectivity index (χ0n) is 7.42. The van der Waals surface area contributed by atoms with Crippen LogP contribution < -0.4 is 0 Å². The third-order valence-corrected chi connectivity index (χ3v) is 2.48. The molecule has 1 N–H and O–H groups in total. The van der Waals surface area contributed by atoms with Crippen molar-refractivity contribution in [3.63, 3.8) is 0 Å². The van der Waals surface area contributed by atoms with Crippen LogP contribution in [0.5, 0.6) is 0 Å². The summed E-state index contributed by atoms with van der Waals surface area (Å²) in [5, 5.41) is 9.36. The second kappa shape index (κ2) is 3.00. The van der Waals surface area contributed by atoms with Gasteiger partial charge in [0.05, 0.1) is 0 Å². The van der Waals surface area contributed by atoms with Crippen molar-refractivity contribution >= 4 is 13.0 Å². The minimum absolute atomic E-state index is 0.193. The Morgan fingerprint density at radius 3 is 3.00 bits per heavy atom. The molecule has 3 heteroatoms. The molecule has 0 unspecified atom stereocenters. The fraction of sp³-hybridized carbons (Fsp3) is 0.200. The topological polar surface area (TPSA) is 20.2 Å². The van der Waals surface area contributed by atoms with Gasteiger partial charge in [0.25, 0.3) is 0 Å². The quantitative estimate of drug-likeness (QED) is 0.597. The van der Waals surface area contributed by atoms with Crippen molar-refractivity contribution in [3.8, 4) is 0 Å². The molecule has 0 fully saturated rings. The minimum Gasteiger partial charge on any atom is -0.446 e. The van der Waals surface area contributed by atoms with E-state index >= 15 is 0 Å². The number of rotatable bonds is 0. The Kier molecular flexibility index (Phi) is 1.96. The van der Waals surface area contributed by atoms with Crippen molar-refractivity contribution in [2.45, 2.75) is 13.2 Å². The largest absolute Gasteiger partial charge is 0.446 e. The second-order valence-corrected chi connectivity index (χ2v) is 3.37. The molecule has 1 nitrogen and oxygen atoms in total. The monoisotopic (exact) mass is 176 g/mol. The fourth-order valence-corrected chi connectivity index (χ4v) is 1.67. The van der Waals surface area contributed by atoms with Crippen LogP contribution in [0.2, 0.25) is 0 Å². The summed E-state index contributed by atoms with van der Waals surface area (Å²) >= 11 is 0. The fourth-order valence-electron chi connectivity index (χ4n) is 1.67. The van der Waals surface area contributed by atoms with Crippen molar-refractivity contribution in [2.24, 2.45) is 0 Å². The normalized spacial score (nSPS) is 14.5. The highest BCUT2D eigenvalue weighted by atomic mass is 19.1. The predicted octanol–water partition coefficient (Wildman–Crippen LogP) is 1.77. The molecule has 0 saturated heterocycles. The number of hydrogen-bond acceptors (Lipinski definition) is 1. The highest BCUT2D eigenvalue weighted by Crippen LogP contribution is 2.23. The number of halogens is 1. The minimum atomic E-state index is -0.465. The van der Waals surface area contributed by atoms with Crippen molar-refractivity contribution in [2.75, 3.05) is 0 Å². The molecule has 1 aromatic rings. The smallest absolute Gasteiger partial charge is 0.320 e. The van der Waals surface area contributed by atoms with Gasteiger partial charge in [0, 0.05) is 0 Å². The van der Waals surface area contributed by atoms with Crippen LogP contribution in [-0.4, -0.2) is 11.9 Å². The molecule has 0 aromatic heterocycles. The van der Waals surface area contributed by atoms with Gasteiger partial charge in [-0.25, -0.2) is 4.39 Å². The molecule has 1 aliphatic rings. The first kappa shape index (κ1) is 8.51. The summed E-state index contributed by atoms with van der Waals surface area (Å²) in [5.41, 5.74) is 2.60. The highest BCUT2D eigenvalue weighted by Gasteiger charge is 2.18. The third-order valence-electron chi connectivity index (χ3n) is 2.48. The third kappa shape index (κ3) is 1.40. The Labute approximate surface area is 77.0 Å². The maximum atomic E-state index is 13.1. The molecular formula is C10H10BFO. The zero-order valence-corrected chi connectivity index (χ0v) is 7.42. The molecule has 0 radical (unpaired) electrons. The summed E-state index contributed by atoms with van der Waals surface area (Å²) in [4.78, 5) is 0. The molecule has 13 heavy (non-hydrogen) atoms. The Balaban J connectivity index is 2.57. The summed E-state index contributed by atoms with van der Waals surface area (Å²) in [5.74, 6) is 1.54. The summed E-state index contributed by atoms with van der Waals surface area (Å²) in [6.45, 7) is 1.29. The van der Waals surface area contributed by atoms with Gasteiger partial charge in [0.2, 0.25) is 0 Å². The van der Waals surface area contributed by atoms with Gasteiger partial charge in [-0.2, -0.15) is 0 Å². The van der Waals surface area contributed by atoms with Crippen LogP contribution >= 0.6 is 0 Å². The van der Waals surface area contributed by atoms with Gasteiger partial charge >= 0.3 is 6.92 Å². The van der Waals surface area contributed by atoms with E-state index in [4.69, 9.17) is 0 Å². The van der Waals surface area contributed by atoms with E-state index in [1.807, 2.05) is 6.08 Å². The van der Waals surface area contributed by atoms with Crippen LogP contribution in [0, 0.1) is 12.7 Å². The maximum absolute atomic E-state index is 13.1. The molecule has 0 atom stereocenters. The van der Waals surface area contributed by atoms with Gasteiger partial charge in [-0.3, -0.25) is 0 Å². The van der Waals surface area contributed by atoms with Crippen LogP contribution in [0.3, 0.4) is 0 Å². The summed E-state index contributed by atoms with van der Waals surface area (Å²) in [7, 11) is 0. The molecule has 2 rings (SSSR count). The lowest BCUT2D eigenvalue weighted by Crippen LogP contribution is -2.18. The van der Waals surface area contributed by atoms with Crippen molar-refractivity contribution in [3.05, 3.63) is 40.6 Å². The van der Waals surface area contributed by atoms with Gasteiger partial charge in [-0.1, -0.05) is 18.1 Å². The zero-order chi connectivity index (χ0) is 9.42. The first-order valence-electron chi connectivity index (χ1n) is 4.33. The Morgan fingerprint density at radius 1 is 1.46 bits per heavy atom. The molecule has 0 bridgehead atoms. The Morgan fingerprint density at radius 2 is 2.23 bits per heavy atom. The first-order chi connectivity index (χ1) is 6.18. The summed E-state index contributed by atoms with van der Waals surface area (Å²) < 4.78 is 13.1. The van der Waals surface area contributed by atoms with E-state index in [0.29, 0.717) is 11.9 Å². The Hall–Kier alpha value is -1.09. The average molecular weight is 176 g/mol. The van der Waals surface area contributed by atoms with E-state index in [0.717, 1.165) is 11.1 Å². The molecule has 1 heterocycles. The van der Waals surface area contributed by atoms with Crippen LogP contribution in [0.25, 0.3) is 6.08 Å². The van der Waals surface area contributed by atoms with Gasteiger partial charge < -0.3 is 5.02 Å². The van der Waals surface area contributed by atoms with Crippen LogP contribution in [-0.2, 0) is 6.32 Å². The van der Waals surface area contributed by atoms with E-state index in [-0.39, 0.29) is 5.82 Å². The van der Waals surface area contributed by atoms with Crippen LogP contribution in [0.1, 0.15) is 16.7 Å². The molecule has 0 amide bonds. The molecule has 1 aromatic carbocycles. The van der Waals surface area contributed by atoms with Crippen LogP contribution in [0.15, 0.2) is 18.1 Å². The highest BCUT2D eigenvalue weighted by molar-refractivity contribution is 6.57. The van der Waals surface area contributed by atoms with Gasteiger partial charge in [-0.05, 0) is 36.0 Å². The number of hydrogen-bond donors (Lipinski definition) is 1. The van der Waals surface area contributed by atoms with Gasteiger partial charge in [0.15, 0.2) is 0 Å². The number of fused-ring (bicyclic) bond motifs is 1. The van der Waals surface area contributed by atoms with Crippen LogP contribution in [0.4, 0.5) is 4.39 Å². The van der Waals surface area contributed by atoms with Gasteiger partial charge in [-0.15, -0.1) is 0 Å². The summed E-state index contributed by atoms with van der Waals surface area (Å²) in [6, 6.07) is 3.22. The lowest BCUT2D eigenvalue weighted by molar-refractivity contribution is 0.580. The molecular weight excluding hydrogens is 166 g/mol. The lowest BCUT2D eigenvalue weighted by Gasteiger charge is -2.15. The number of benzene rings is 1. The predicted molar refractivity (Wildman–Crippen MR) is 51.8 cm³/mol. The lowest BCUT2D eigenvalue weighted by atomic mass is 9.59. The Bertz CT molecular complexity index is 373. The van der Waals surface area contributed by atoms with E-state index in [1.165, 1.54) is 6.07 Å². The maximum Gasteiger partial charge on any atom is 0.320 e. The second-order valence-electron chi connectivity index (χ2n) is 3.37. The molecule has 66 valence electrons. The van der Waals surface area contributed by atoms with Crippen molar-refractivity contribution in [1.29, 1.82) is 0 Å². The molecule has 0 aliphatic carbocycles. The summed E-state index contributed by atoms with van der Waals surface area (Å²) in [6.07, 6.45) is 2.37. The van der Waals surface area contributed by atoms with Gasteiger partial charge in [0.1, 0.15) is 5.82 Å². The van der Waals surface area contributed by atoms with Crippen molar-refractivity contribution < 1.29 is 9.41 Å². The van der Waals surface area contributed by atoms with E-state index in [2.05, 4.69) is 0 Å².